The first-order chi connectivity index (χ1) is 30.3. The Bertz CT molecular complexity index is 3340. The summed E-state index contributed by atoms with van der Waals surface area (Å²) in [5, 5.41) is 17.2. The van der Waals surface area contributed by atoms with E-state index >= 15 is 0 Å². The molecule has 0 N–H and O–H groups in total. The van der Waals surface area contributed by atoms with E-state index < -0.39 is 0 Å². The molecule has 2 aromatic heterocycles. The average molecular weight is 796 g/mol. The van der Waals surface area contributed by atoms with Crippen molar-refractivity contribution in [3.8, 4) is 89.3 Å². The normalized spacial score (nSPS) is 11.3. The third kappa shape index (κ3) is 6.51. The third-order valence-corrected chi connectivity index (χ3v) is 12.7. The van der Waals surface area contributed by atoms with E-state index in [0.717, 1.165) is 89.3 Å². The van der Waals surface area contributed by atoms with Crippen LogP contribution in [-0.2, 0) is 0 Å². The molecule has 0 amide bonds. The molecule has 0 unspecified atom stereocenters. The molecule has 0 aliphatic heterocycles. The summed E-state index contributed by atoms with van der Waals surface area (Å²) in [6.45, 7) is 0. The van der Waals surface area contributed by atoms with Crippen molar-refractivity contribution in [2.75, 3.05) is 0 Å². The molecule has 9 aromatic carbocycles. The summed E-state index contributed by atoms with van der Waals surface area (Å²) < 4.78 is 2.49. The largest absolute Gasteiger partial charge is 0.135 e. The van der Waals surface area contributed by atoms with Crippen LogP contribution < -0.4 is 0 Å². The molecule has 0 saturated carbocycles. The smallest absolute Gasteiger partial charge is 0.106 e. The minimum Gasteiger partial charge on any atom is -0.135 e. The van der Waals surface area contributed by atoms with E-state index in [1.54, 1.807) is 0 Å². The average Bonchev–Trinajstić information content (AvgIpc) is 3.74. The van der Waals surface area contributed by atoms with Crippen molar-refractivity contribution in [2.45, 2.75) is 0 Å². The van der Waals surface area contributed by atoms with Gasteiger partial charge in [-0.05, 0) is 73.0 Å². The fourth-order valence-corrected chi connectivity index (χ4v) is 10.0. The second-order valence-corrected chi connectivity index (χ2v) is 16.2. The first-order valence-corrected chi connectivity index (χ1v) is 21.4. The quantitative estimate of drug-likeness (QED) is 0.154. The highest BCUT2D eigenvalue weighted by atomic mass is 32.1. The van der Waals surface area contributed by atoms with E-state index in [9.17, 15) is 0 Å². The van der Waals surface area contributed by atoms with Crippen LogP contribution in [0.3, 0.4) is 0 Å². The van der Waals surface area contributed by atoms with Gasteiger partial charge in [-0.2, -0.15) is 0 Å². The molecule has 3 nitrogen and oxygen atoms in total. The molecule has 0 fully saturated rings. The maximum Gasteiger partial charge on any atom is 0.106 e. The lowest BCUT2D eigenvalue weighted by atomic mass is 9.79. The van der Waals surface area contributed by atoms with Gasteiger partial charge in [0, 0.05) is 42.4 Å². The summed E-state index contributed by atoms with van der Waals surface area (Å²) >= 11 is 1.84. The first-order valence-electron chi connectivity index (χ1n) is 20.5. The lowest BCUT2D eigenvalue weighted by Crippen LogP contribution is -2.04. The van der Waals surface area contributed by atoms with Gasteiger partial charge in [0.05, 0.1) is 0 Å². The predicted octanol–water partition coefficient (Wildman–Crippen LogP) is 15.6. The SMILES string of the molecule is c1ccc(-c2ccccc2-c2ccc(-c3ccccc3)c(-c3nnnc(-c4ccccc4)c3-c3ccccc3-c3ccccc3)c2-c2cccc3sc4ccccc4c23)cc1. The standard InChI is InChI=1S/C57H37N3S/c1-5-20-38(21-6-1)42-28-13-15-30-45(42)47-37-36-44(40-24-9-3-10-25-40)54(53(47)49-33-19-35-51-52(49)48-32-17-18-34-50(48)61-51)57-55(56(58-60-59-57)41-26-11-4-12-27-41)46-31-16-14-29-43(46)39-22-7-2-8-23-39/h1-37H. The van der Waals surface area contributed by atoms with Gasteiger partial charge < -0.3 is 0 Å². The van der Waals surface area contributed by atoms with Gasteiger partial charge in [-0.15, -0.1) is 21.5 Å². The highest BCUT2D eigenvalue weighted by Gasteiger charge is 2.29. The molecule has 286 valence electrons. The summed E-state index contributed by atoms with van der Waals surface area (Å²) in [6, 6.07) is 80.0. The molecular formula is C57H37N3S. The fourth-order valence-electron chi connectivity index (χ4n) is 8.90. The molecule has 2 heterocycles. The zero-order chi connectivity index (χ0) is 40.5. The molecular weight excluding hydrogens is 759 g/mol. The van der Waals surface area contributed by atoms with E-state index in [1.165, 1.54) is 20.2 Å². The van der Waals surface area contributed by atoms with Crippen LogP contribution in [0.1, 0.15) is 0 Å². The van der Waals surface area contributed by atoms with Gasteiger partial charge in [0.2, 0.25) is 0 Å². The molecule has 0 aliphatic carbocycles. The van der Waals surface area contributed by atoms with E-state index in [2.05, 4.69) is 224 Å². The summed E-state index contributed by atoms with van der Waals surface area (Å²) in [5.74, 6) is 0. The summed E-state index contributed by atoms with van der Waals surface area (Å²) in [7, 11) is 0. The van der Waals surface area contributed by atoms with Gasteiger partial charge in [-0.25, -0.2) is 0 Å². The predicted molar refractivity (Wildman–Crippen MR) is 256 cm³/mol. The zero-order valence-electron chi connectivity index (χ0n) is 33.1. The second-order valence-electron chi connectivity index (χ2n) is 15.1. The van der Waals surface area contributed by atoms with Gasteiger partial charge in [-0.1, -0.05) is 212 Å². The number of hydrogen-bond donors (Lipinski definition) is 0. The Balaban J connectivity index is 1.35. The molecule has 0 atom stereocenters. The number of benzene rings is 9. The van der Waals surface area contributed by atoms with Crippen molar-refractivity contribution in [3.63, 3.8) is 0 Å². The second kappa shape index (κ2) is 15.8. The molecule has 0 bridgehead atoms. The topological polar surface area (TPSA) is 38.7 Å². The number of nitrogens with zero attached hydrogens (tertiary/aromatic N) is 3. The lowest BCUT2D eigenvalue weighted by Gasteiger charge is -2.24. The fraction of sp³-hybridized carbons (Fsp3) is 0. The van der Waals surface area contributed by atoms with Crippen LogP contribution in [-0.4, -0.2) is 15.4 Å². The highest BCUT2D eigenvalue weighted by Crippen LogP contribution is 2.53. The summed E-state index contributed by atoms with van der Waals surface area (Å²) in [5.41, 5.74) is 16.6. The minimum atomic E-state index is 0.765. The summed E-state index contributed by atoms with van der Waals surface area (Å²) in [4.78, 5) is 0. The van der Waals surface area contributed by atoms with Crippen molar-refractivity contribution in [1.82, 2.24) is 15.4 Å². The van der Waals surface area contributed by atoms with Crippen LogP contribution in [0.5, 0.6) is 0 Å². The van der Waals surface area contributed by atoms with Crippen LogP contribution >= 0.6 is 11.3 Å². The van der Waals surface area contributed by atoms with Crippen molar-refractivity contribution in [3.05, 3.63) is 224 Å². The monoisotopic (exact) mass is 795 g/mol. The van der Waals surface area contributed by atoms with Gasteiger partial charge in [-0.3, -0.25) is 0 Å². The van der Waals surface area contributed by atoms with E-state index in [4.69, 9.17) is 10.2 Å². The first kappa shape index (κ1) is 36.3. The lowest BCUT2D eigenvalue weighted by molar-refractivity contribution is 0.879. The van der Waals surface area contributed by atoms with E-state index in [1.807, 2.05) is 17.4 Å². The van der Waals surface area contributed by atoms with Crippen molar-refractivity contribution < 1.29 is 0 Å². The number of thiophene rings is 1. The van der Waals surface area contributed by atoms with Gasteiger partial charge in [0.25, 0.3) is 0 Å². The van der Waals surface area contributed by atoms with Crippen LogP contribution in [0.15, 0.2) is 224 Å². The van der Waals surface area contributed by atoms with Crippen LogP contribution in [0.4, 0.5) is 0 Å². The van der Waals surface area contributed by atoms with E-state index in [-0.39, 0.29) is 0 Å². The number of fused-ring (bicyclic) bond motifs is 3. The Labute approximate surface area is 358 Å². The van der Waals surface area contributed by atoms with Gasteiger partial charge in [0.1, 0.15) is 11.4 Å². The number of hydrogen-bond acceptors (Lipinski definition) is 4. The van der Waals surface area contributed by atoms with Crippen LogP contribution in [0, 0.1) is 0 Å². The Kier molecular flexibility index (Phi) is 9.38. The number of aromatic nitrogens is 3. The molecule has 11 aromatic rings. The molecule has 11 rings (SSSR count). The zero-order valence-corrected chi connectivity index (χ0v) is 33.9. The van der Waals surface area contributed by atoms with Crippen LogP contribution in [0.25, 0.3) is 109 Å². The molecule has 0 aliphatic rings. The Hall–Kier alpha value is -7.79. The van der Waals surface area contributed by atoms with Crippen molar-refractivity contribution >= 4 is 31.5 Å². The molecule has 4 heteroatoms. The summed E-state index contributed by atoms with van der Waals surface area (Å²) in [6.07, 6.45) is 0. The van der Waals surface area contributed by atoms with Crippen LogP contribution in [0.2, 0.25) is 0 Å². The third-order valence-electron chi connectivity index (χ3n) is 11.6. The molecule has 0 radical (unpaired) electrons. The van der Waals surface area contributed by atoms with Crippen molar-refractivity contribution in [2.24, 2.45) is 0 Å². The van der Waals surface area contributed by atoms with Crippen molar-refractivity contribution in [1.29, 1.82) is 0 Å². The van der Waals surface area contributed by atoms with Gasteiger partial charge in [0.15, 0.2) is 0 Å². The Morgan fingerprint density at radius 2 is 0.721 bits per heavy atom. The Morgan fingerprint density at radius 1 is 0.262 bits per heavy atom. The molecule has 0 spiro atoms. The minimum absolute atomic E-state index is 0.765. The maximum atomic E-state index is 5.21. The van der Waals surface area contributed by atoms with E-state index in [0.29, 0.717) is 0 Å². The maximum absolute atomic E-state index is 5.21. The highest BCUT2D eigenvalue weighted by molar-refractivity contribution is 7.25. The molecule has 61 heavy (non-hydrogen) atoms. The number of rotatable bonds is 8. The van der Waals surface area contributed by atoms with Gasteiger partial charge >= 0.3 is 0 Å². The Morgan fingerprint density at radius 3 is 1.38 bits per heavy atom. The molecule has 0 saturated heterocycles.